The first kappa shape index (κ1) is 11.0. The number of carbonyl (C=O) groups excluding carboxylic acids is 1. The number of thiophene rings is 1. The topological polar surface area (TPSA) is 69.1 Å². The molecule has 0 aliphatic rings. The molecule has 0 bridgehead atoms. The van der Waals surface area contributed by atoms with Crippen molar-refractivity contribution in [3.63, 3.8) is 0 Å². The number of hydrogen-bond donors (Lipinski definition) is 3. The molecule has 0 radical (unpaired) electrons. The first-order valence-corrected chi connectivity index (χ1v) is 5.83. The highest BCUT2D eigenvalue weighted by Crippen LogP contribution is 2.36. The van der Waals surface area contributed by atoms with Crippen molar-refractivity contribution >= 4 is 34.9 Å². The molecule has 2 aromatic rings. The molecule has 82 valence electrons. The van der Waals surface area contributed by atoms with Crippen LogP contribution in [-0.4, -0.2) is 5.91 Å². The van der Waals surface area contributed by atoms with Crippen LogP contribution in [0.4, 0.5) is 5.00 Å². The highest BCUT2D eigenvalue weighted by Gasteiger charge is 2.13. The van der Waals surface area contributed by atoms with Gasteiger partial charge in [-0.15, -0.1) is 24.0 Å². The molecule has 0 saturated carbocycles. The molecule has 5 heteroatoms. The Kier molecular flexibility index (Phi) is 2.89. The van der Waals surface area contributed by atoms with Crippen LogP contribution >= 0.6 is 24.0 Å². The smallest absolute Gasteiger partial charge is 0.251 e. The first-order chi connectivity index (χ1) is 7.59. The zero-order valence-electron chi connectivity index (χ0n) is 8.31. The maximum atomic E-state index is 11.1. The van der Waals surface area contributed by atoms with Crippen LogP contribution in [0, 0.1) is 0 Å². The lowest BCUT2D eigenvalue weighted by Gasteiger charge is -1.99. The Morgan fingerprint density at radius 2 is 2.00 bits per heavy atom. The maximum absolute atomic E-state index is 11.1. The third-order valence-corrected chi connectivity index (χ3v) is 3.58. The molecule has 1 aromatic heterocycles. The van der Waals surface area contributed by atoms with Crippen LogP contribution in [0.1, 0.15) is 10.4 Å². The van der Waals surface area contributed by atoms with E-state index < -0.39 is 5.91 Å². The van der Waals surface area contributed by atoms with Gasteiger partial charge >= 0.3 is 0 Å². The lowest BCUT2D eigenvalue weighted by Crippen LogP contribution is -2.11. The van der Waals surface area contributed by atoms with Crippen LogP contribution in [0.2, 0.25) is 0 Å². The molecule has 1 aromatic carbocycles. The molecule has 0 aliphatic heterocycles. The minimum Gasteiger partial charge on any atom is -0.390 e. The number of primary amides is 1. The van der Waals surface area contributed by atoms with Gasteiger partial charge in [0.1, 0.15) is 0 Å². The van der Waals surface area contributed by atoms with Gasteiger partial charge in [0.05, 0.1) is 10.6 Å². The van der Waals surface area contributed by atoms with Gasteiger partial charge in [-0.2, -0.15) is 0 Å². The summed E-state index contributed by atoms with van der Waals surface area (Å²) in [4.78, 5) is 12.8. The average Bonchev–Trinajstić information content (AvgIpc) is 2.61. The van der Waals surface area contributed by atoms with Crippen LogP contribution in [-0.2, 0) is 0 Å². The van der Waals surface area contributed by atoms with Gasteiger partial charge in [0, 0.05) is 15.3 Å². The van der Waals surface area contributed by atoms with E-state index >= 15 is 0 Å². The second-order valence-corrected chi connectivity index (χ2v) is 4.84. The monoisotopic (exact) mass is 250 g/mol. The van der Waals surface area contributed by atoms with Crippen molar-refractivity contribution in [1.29, 1.82) is 0 Å². The zero-order chi connectivity index (χ0) is 11.7. The summed E-state index contributed by atoms with van der Waals surface area (Å²) in [5.74, 6) is -0.503. The number of hydrogen-bond acceptors (Lipinski definition) is 4. The van der Waals surface area contributed by atoms with E-state index in [1.54, 1.807) is 6.07 Å². The normalized spacial score (nSPS) is 10.3. The van der Waals surface area contributed by atoms with Crippen molar-refractivity contribution in [3.8, 4) is 10.4 Å². The molecule has 0 unspecified atom stereocenters. The van der Waals surface area contributed by atoms with Crippen LogP contribution in [0.5, 0.6) is 0 Å². The first-order valence-electron chi connectivity index (χ1n) is 4.57. The van der Waals surface area contributed by atoms with Gasteiger partial charge in [-0.3, -0.25) is 4.79 Å². The molecule has 1 amide bonds. The molecule has 0 atom stereocenters. The number of carbonyl (C=O) groups is 1. The lowest BCUT2D eigenvalue weighted by atomic mass is 10.1. The van der Waals surface area contributed by atoms with E-state index in [0.29, 0.717) is 10.6 Å². The summed E-state index contributed by atoms with van der Waals surface area (Å²) in [6.45, 7) is 0. The third-order valence-electron chi connectivity index (χ3n) is 2.20. The van der Waals surface area contributed by atoms with Gasteiger partial charge in [0.15, 0.2) is 0 Å². The van der Waals surface area contributed by atoms with Gasteiger partial charge in [0.25, 0.3) is 5.91 Å². The molecule has 0 aliphatic carbocycles. The van der Waals surface area contributed by atoms with Gasteiger partial charge in [-0.25, -0.2) is 0 Å². The SMILES string of the molecule is NC(=O)c1cc(-c2ccccc2S)sc1N. The fourth-order valence-corrected chi connectivity index (χ4v) is 2.74. The Labute approximate surface area is 102 Å². The molecule has 0 fully saturated rings. The van der Waals surface area contributed by atoms with Crippen molar-refractivity contribution in [2.24, 2.45) is 5.73 Å². The Hall–Kier alpha value is -1.46. The molecule has 16 heavy (non-hydrogen) atoms. The Bertz CT molecular complexity index is 549. The minimum atomic E-state index is -0.503. The van der Waals surface area contributed by atoms with Crippen molar-refractivity contribution in [2.45, 2.75) is 4.90 Å². The van der Waals surface area contributed by atoms with Crippen molar-refractivity contribution in [2.75, 3.05) is 5.73 Å². The summed E-state index contributed by atoms with van der Waals surface area (Å²) in [5.41, 5.74) is 12.3. The van der Waals surface area contributed by atoms with Crippen molar-refractivity contribution in [3.05, 3.63) is 35.9 Å². The van der Waals surface area contributed by atoms with Gasteiger partial charge in [0.2, 0.25) is 0 Å². The number of amides is 1. The molecular weight excluding hydrogens is 240 g/mol. The average molecular weight is 250 g/mol. The molecule has 4 N–H and O–H groups in total. The molecule has 1 heterocycles. The van der Waals surface area contributed by atoms with Crippen molar-refractivity contribution in [1.82, 2.24) is 0 Å². The molecule has 3 nitrogen and oxygen atoms in total. The predicted octanol–water partition coefficient (Wildman–Crippen LogP) is 2.38. The van der Waals surface area contributed by atoms with E-state index in [-0.39, 0.29) is 0 Å². The summed E-state index contributed by atoms with van der Waals surface area (Å²) in [5, 5.41) is 0.444. The molecular formula is C11H10N2OS2. The fraction of sp³-hybridized carbons (Fsp3) is 0. The Balaban J connectivity index is 2.54. The van der Waals surface area contributed by atoms with Gasteiger partial charge in [-0.05, 0) is 12.1 Å². The van der Waals surface area contributed by atoms with E-state index in [1.165, 1.54) is 11.3 Å². The summed E-state index contributed by atoms with van der Waals surface area (Å²) in [6.07, 6.45) is 0. The largest absolute Gasteiger partial charge is 0.390 e. The number of benzene rings is 1. The number of thiol groups is 1. The second-order valence-electron chi connectivity index (χ2n) is 3.27. The molecule has 2 rings (SSSR count). The summed E-state index contributed by atoms with van der Waals surface area (Å²) < 4.78 is 0. The van der Waals surface area contributed by atoms with Crippen LogP contribution in [0.25, 0.3) is 10.4 Å². The standard InChI is InChI=1S/C11H10N2OS2/c12-10(14)7-5-9(16-11(7)13)6-3-1-2-4-8(6)15/h1-5,15H,13H2,(H2,12,14). The highest BCUT2D eigenvalue weighted by atomic mass is 32.1. The zero-order valence-corrected chi connectivity index (χ0v) is 10.0. The van der Waals surface area contributed by atoms with E-state index in [4.69, 9.17) is 11.5 Å². The molecule has 0 spiro atoms. The number of anilines is 1. The van der Waals surface area contributed by atoms with E-state index in [0.717, 1.165) is 15.3 Å². The van der Waals surface area contributed by atoms with Crippen LogP contribution in [0.3, 0.4) is 0 Å². The highest BCUT2D eigenvalue weighted by molar-refractivity contribution is 7.80. The minimum absolute atomic E-state index is 0.372. The van der Waals surface area contributed by atoms with Crippen LogP contribution in [0.15, 0.2) is 35.2 Å². The summed E-state index contributed by atoms with van der Waals surface area (Å²) in [7, 11) is 0. The van der Waals surface area contributed by atoms with E-state index in [1.807, 2.05) is 24.3 Å². The van der Waals surface area contributed by atoms with E-state index in [9.17, 15) is 4.79 Å². The number of nitrogen functional groups attached to an aromatic ring is 1. The summed E-state index contributed by atoms with van der Waals surface area (Å²) in [6, 6.07) is 9.33. The Morgan fingerprint density at radius 3 is 2.56 bits per heavy atom. The number of rotatable bonds is 2. The summed E-state index contributed by atoms with van der Waals surface area (Å²) >= 11 is 5.69. The number of nitrogens with two attached hydrogens (primary N) is 2. The second kappa shape index (κ2) is 4.19. The van der Waals surface area contributed by atoms with Gasteiger partial charge in [-0.1, -0.05) is 18.2 Å². The van der Waals surface area contributed by atoms with Gasteiger partial charge < -0.3 is 11.5 Å². The maximum Gasteiger partial charge on any atom is 0.251 e. The van der Waals surface area contributed by atoms with E-state index in [2.05, 4.69) is 12.6 Å². The van der Waals surface area contributed by atoms with Crippen molar-refractivity contribution < 1.29 is 4.79 Å². The molecule has 0 saturated heterocycles. The third kappa shape index (κ3) is 1.91. The quantitative estimate of drug-likeness (QED) is 0.716. The lowest BCUT2D eigenvalue weighted by molar-refractivity contribution is 0.100. The Morgan fingerprint density at radius 1 is 1.31 bits per heavy atom. The van der Waals surface area contributed by atoms with Crippen LogP contribution < -0.4 is 11.5 Å². The predicted molar refractivity (Wildman–Crippen MR) is 69.9 cm³/mol. The fourth-order valence-electron chi connectivity index (χ4n) is 1.41.